The van der Waals surface area contributed by atoms with E-state index < -0.39 is 6.10 Å². The van der Waals surface area contributed by atoms with Gasteiger partial charge in [-0.15, -0.1) is 12.3 Å². The number of hydrogen-bond donors (Lipinski definition) is 1. The molecule has 0 fully saturated rings. The van der Waals surface area contributed by atoms with E-state index in [0.717, 1.165) is 11.3 Å². The summed E-state index contributed by atoms with van der Waals surface area (Å²) in [4.78, 5) is 0. The van der Waals surface area contributed by atoms with E-state index in [1.165, 1.54) is 0 Å². The zero-order chi connectivity index (χ0) is 11.1. The molecular weight excluding hydrogens is 188 g/mol. The van der Waals surface area contributed by atoms with Gasteiger partial charge < -0.3 is 9.84 Å². The Morgan fingerprint density at radius 3 is 2.87 bits per heavy atom. The van der Waals surface area contributed by atoms with E-state index in [-0.39, 0.29) is 0 Å². The van der Waals surface area contributed by atoms with Crippen molar-refractivity contribution >= 4 is 0 Å². The second-order valence-electron chi connectivity index (χ2n) is 3.26. The Kier molecular flexibility index (Phi) is 4.73. The molecule has 0 radical (unpaired) electrons. The van der Waals surface area contributed by atoms with Gasteiger partial charge in [-0.25, -0.2) is 0 Å². The second-order valence-corrected chi connectivity index (χ2v) is 3.26. The minimum absolute atomic E-state index is 0.466. The highest BCUT2D eigenvalue weighted by Gasteiger charge is 2.10. The lowest BCUT2D eigenvalue weighted by molar-refractivity contribution is 0.167. The Hall–Kier alpha value is -1.46. The van der Waals surface area contributed by atoms with Crippen LogP contribution in [-0.2, 0) is 0 Å². The Morgan fingerprint density at radius 1 is 1.47 bits per heavy atom. The summed E-state index contributed by atoms with van der Waals surface area (Å²) in [5.74, 6) is 3.24. The molecule has 0 heterocycles. The van der Waals surface area contributed by atoms with Crippen LogP contribution in [0.25, 0.3) is 0 Å². The highest BCUT2D eigenvalue weighted by molar-refractivity contribution is 5.35. The van der Waals surface area contributed by atoms with E-state index in [1.807, 2.05) is 31.2 Å². The van der Waals surface area contributed by atoms with Crippen molar-refractivity contribution in [2.75, 3.05) is 6.61 Å². The molecule has 1 unspecified atom stereocenters. The van der Waals surface area contributed by atoms with Crippen LogP contribution in [0.2, 0.25) is 0 Å². The van der Waals surface area contributed by atoms with Crippen molar-refractivity contribution in [2.24, 2.45) is 0 Å². The zero-order valence-corrected chi connectivity index (χ0v) is 8.94. The molecule has 0 bridgehead atoms. The van der Waals surface area contributed by atoms with Crippen LogP contribution in [0, 0.1) is 12.3 Å². The standard InChI is InChI=1S/C13H16O2/c1-3-5-10-15-13-9-7-6-8-11(13)12(14)4-2/h1,6-9,12,14H,4-5,10H2,2H3. The summed E-state index contributed by atoms with van der Waals surface area (Å²) < 4.78 is 5.50. The molecule has 1 rings (SSSR count). The van der Waals surface area contributed by atoms with E-state index in [9.17, 15) is 5.11 Å². The average Bonchev–Trinajstić information content (AvgIpc) is 2.29. The number of terminal acetylenes is 1. The van der Waals surface area contributed by atoms with Crippen molar-refractivity contribution in [1.82, 2.24) is 0 Å². The van der Waals surface area contributed by atoms with Crippen molar-refractivity contribution in [3.05, 3.63) is 29.8 Å². The van der Waals surface area contributed by atoms with Crippen molar-refractivity contribution in [2.45, 2.75) is 25.9 Å². The number of ether oxygens (including phenoxy) is 1. The van der Waals surface area contributed by atoms with Gasteiger partial charge in [0, 0.05) is 12.0 Å². The van der Waals surface area contributed by atoms with Crippen LogP contribution in [0.4, 0.5) is 0 Å². The third-order valence-corrected chi connectivity index (χ3v) is 2.17. The average molecular weight is 204 g/mol. The second kappa shape index (κ2) is 6.10. The molecular formula is C13H16O2. The first-order valence-corrected chi connectivity index (χ1v) is 5.12. The lowest BCUT2D eigenvalue weighted by Gasteiger charge is -2.14. The fraction of sp³-hybridized carbons (Fsp3) is 0.385. The Balaban J connectivity index is 2.73. The van der Waals surface area contributed by atoms with E-state index in [4.69, 9.17) is 11.2 Å². The van der Waals surface area contributed by atoms with Gasteiger partial charge in [0.15, 0.2) is 0 Å². The summed E-state index contributed by atoms with van der Waals surface area (Å²) in [7, 11) is 0. The van der Waals surface area contributed by atoms with Crippen LogP contribution < -0.4 is 4.74 Å². The molecule has 0 amide bonds. The molecule has 0 saturated heterocycles. The summed E-state index contributed by atoms with van der Waals surface area (Å²) in [5.41, 5.74) is 0.831. The molecule has 1 N–H and O–H groups in total. The maximum Gasteiger partial charge on any atom is 0.125 e. The van der Waals surface area contributed by atoms with Crippen molar-refractivity contribution < 1.29 is 9.84 Å². The Labute approximate surface area is 90.9 Å². The molecule has 1 atom stereocenters. The number of hydrogen-bond acceptors (Lipinski definition) is 2. The topological polar surface area (TPSA) is 29.5 Å². The highest BCUT2D eigenvalue weighted by Crippen LogP contribution is 2.26. The first-order chi connectivity index (χ1) is 7.29. The van der Waals surface area contributed by atoms with E-state index >= 15 is 0 Å². The molecule has 1 aromatic rings. The molecule has 0 aliphatic carbocycles. The molecule has 0 aliphatic heterocycles. The third kappa shape index (κ3) is 3.30. The summed E-state index contributed by atoms with van der Waals surface area (Å²) in [6, 6.07) is 7.50. The SMILES string of the molecule is C#CCCOc1ccccc1C(O)CC. The molecule has 80 valence electrons. The van der Waals surface area contributed by atoms with Gasteiger partial charge in [0.25, 0.3) is 0 Å². The van der Waals surface area contributed by atoms with Gasteiger partial charge in [0.1, 0.15) is 5.75 Å². The van der Waals surface area contributed by atoms with Crippen LogP contribution in [0.5, 0.6) is 5.75 Å². The predicted molar refractivity (Wildman–Crippen MR) is 60.6 cm³/mol. The van der Waals surface area contributed by atoms with Gasteiger partial charge in [0.05, 0.1) is 12.7 Å². The highest BCUT2D eigenvalue weighted by atomic mass is 16.5. The van der Waals surface area contributed by atoms with Crippen LogP contribution in [-0.4, -0.2) is 11.7 Å². The zero-order valence-electron chi connectivity index (χ0n) is 8.94. The predicted octanol–water partition coefficient (Wildman–Crippen LogP) is 2.53. The van der Waals surface area contributed by atoms with Crippen LogP contribution in [0.1, 0.15) is 31.4 Å². The first kappa shape index (κ1) is 11.6. The van der Waals surface area contributed by atoms with Gasteiger partial charge in [0.2, 0.25) is 0 Å². The Morgan fingerprint density at radius 2 is 2.20 bits per heavy atom. The molecule has 2 nitrogen and oxygen atoms in total. The number of aliphatic hydroxyl groups is 1. The smallest absolute Gasteiger partial charge is 0.125 e. The lowest BCUT2D eigenvalue weighted by atomic mass is 10.1. The normalized spacial score (nSPS) is 11.8. The lowest BCUT2D eigenvalue weighted by Crippen LogP contribution is -2.02. The molecule has 0 saturated carbocycles. The number of para-hydroxylation sites is 1. The number of rotatable bonds is 5. The number of benzene rings is 1. The molecule has 0 aliphatic rings. The molecule has 0 spiro atoms. The maximum atomic E-state index is 9.75. The molecule has 0 aromatic heterocycles. The summed E-state index contributed by atoms with van der Waals surface area (Å²) >= 11 is 0. The minimum atomic E-state index is -0.466. The first-order valence-electron chi connectivity index (χ1n) is 5.12. The van der Waals surface area contributed by atoms with Crippen molar-refractivity contribution in [1.29, 1.82) is 0 Å². The summed E-state index contributed by atoms with van der Waals surface area (Å²) in [6.07, 6.45) is 5.93. The van der Waals surface area contributed by atoms with Crippen LogP contribution in [0.15, 0.2) is 24.3 Å². The quantitative estimate of drug-likeness (QED) is 0.590. The third-order valence-electron chi connectivity index (χ3n) is 2.17. The fourth-order valence-electron chi connectivity index (χ4n) is 1.33. The van der Waals surface area contributed by atoms with E-state index in [2.05, 4.69) is 5.92 Å². The Bertz CT molecular complexity index is 339. The summed E-state index contributed by atoms with van der Waals surface area (Å²) in [5, 5.41) is 9.75. The summed E-state index contributed by atoms with van der Waals surface area (Å²) in [6.45, 7) is 2.42. The van der Waals surface area contributed by atoms with Crippen molar-refractivity contribution in [3.8, 4) is 18.1 Å². The van der Waals surface area contributed by atoms with Gasteiger partial charge in [-0.2, -0.15) is 0 Å². The number of aliphatic hydroxyl groups excluding tert-OH is 1. The minimum Gasteiger partial charge on any atom is -0.492 e. The van der Waals surface area contributed by atoms with Gasteiger partial charge in [-0.1, -0.05) is 25.1 Å². The van der Waals surface area contributed by atoms with E-state index in [0.29, 0.717) is 19.4 Å². The molecule has 1 aromatic carbocycles. The van der Waals surface area contributed by atoms with Gasteiger partial charge >= 0.3 is 0 Å². The van der Waals surface area contributed by atoms with Gasteiger partial charge in [-0.3, -0.25) is 0 Å². The fourth-order valence-corrected chi connectivity index (χ4v) is 1.33. The van der Waals surface area contributed by atoms with E-state index in [1.54, 1.807) is 0 Å². The van der Waals surface area contributed by atoms with Crippen LogP contribution in [0.3, 0.4) is 0 Å². The largest absolute Gasteiger partial charge is 0.492 e. The van der Waals surface area contributed by atoms with Crippen LogP contribution >= 0.6 is 0 Å². The van der Waals surface area contributed by atoms with Gasteiger partial charge in [-0.05, 0) is 12.5 Å². The maximum absolute atomic E-state index is 9.75. The molecule has 2 heteroatoms. The molecule has 15 heavy (non-hydrogen) atoms. The van der Waals surface area contributed by atoms with Crippen molar-refractivity contribution in [3.63, 3.8) is 0 Å². The monoisotopic (exact) mass is 204 g/mol.